The molecule has 1 aliphatic carbocycles. The van der Waals surface area contributed by atoms with Crippen LogP contribution in [0, 0.1) is 5.92 Å². The highest BCUT2D eigenvalue weighted by Crippen LogP contribution is 2.31. The molecule has 0 radical (unpaired) electrons. The predicted octanol–water partition coefficient (Wildman–Crippen LogP) is 1.49. The molecule has 7 heteroatoms. The van der Waals surface area contributed by atoms with Gasteiger partial charge < -0.3 is 15.4 Å². The van der Waals surface area contributed by atoms with Crippen molar-refractivity contribution in [2.24, 2.45) is 11.7 Å². The molecule has 2 rings (SSSR count). The second-order valence-electron chi connectivity index (χ2n) is 4.67. The first-order valence-corrected chi connectivity index (χ1v) is 6.99. The number of hydrogen-bond donors (Lipinski definition) is 1. The van der Waals surface area contributed by atoms with E-state index in [1.165, 1.54) is 13.5 Å². The maximum Gasteiger partial charge on any atom is 0.322 e. The second-order valence-corrected chi connectivity index (χ2v) is 5.01. The molecule has 0 saturated heterocycles. The minimum atomic E-state index is 0.155. The van der Waals surface area contributed by atoms with Crippen LogP contribution in [0.3, 0.4) is 0 Å². The third kappa shape index (κ3) is 3.06. The summed E-state index contributed by atoms with van der Waals surface area (Å²) in [5.41, 5.74) is 5.85. The molecule has 0 amide bonds. The lowest BCUT2D eigenvalue weighted by Crippen LogP contribution is -2.41. The van der Waals surface area contributed by atoms with Gasteiger partial charge in [-0.25, -0.2) is 0 Å². The first kappa shape index (κ1) is 14.3. The number of aromatic nitrogens is 3. The summed E-state index contributed by atoms with van der Waals surface area (Å²) in [6, 6.07) is 0.619. The average molecular weight is 286 g/mol. The topological polar surface area (TPSA) is 77.2 Å². The molecule has 0 aromatic carbocycles. The Balaban J connectivity index is 2.28. The minimum Gasteiger partial charge on any atom is -0.467 e. The molecule has 1 heterocycles. The summed E-state index contributed by atoms with van der Waals surface area (Å²) < 4.78 is 5.05. The van der Waals surface area contributed by atoms with Crippen molar-refractivity contribution in [3.63, 3.8) is 0 Å². The van der Waals surface area contributed by atoms with Gasteiger partial charge in [0, 0.05) is 12.6 Å². The van der Waals surface area contributed by atoms with Gasteiger partial charge >= 0.3 is 6.01 Å². The molecular formula is C12H20ClN5O. The van der Waals surface area contributed by atoms with Crippen LogP contribution >= 0.6 is 11.6 Å². The summed E-state index contributed by atoms with van der Waals surface area (Å²) in [7, 11) is 1.52. The Labute approximate surface area is 118 Å². The number of anilines is 1. The van der Waals surface area contributed by atoms with E-state index in [2.05, 4.69) is 26.8 Å². The van der Waals surface area contributed by atoms with Gasteiger partial charge in [0.05, 0.1) is 7.11 Å². The molecule has 2 atom stereocenters. The Morgan fingerprint density at radius 1 is 1.37 bits per heavy atom. The van der Waals surface area contributed by atoms with E-state index in [0.717, 1.165) is 19.4 Å². The smallest absolute Gasteiger partial charge is 0.322 e. The fraction of sp³-hybridized carbons (Fsp3) is 0.750. The van der Waals surface area contributed by atoms with Gasteiger partial charge in [0.1, 0.15) is 0 Å². The maximum atomic E-state index is 5.91. The van der Waals surface area contributed by atoms with Crippen LogP contribution in [0.1, 0.15) is 26.2 Å². The van der Waals surface area contributed by atoms with Crippen molar-refractivity contribution in [1.82, 2.24) is 15.0 Å². The number of nitrogens with two attached hydrogens (primary N) is 1. The highest BCUT2D eigenvalue weighted by molar-refractivity contribution is 6.28. The SMILES string of the molecule is CCN(c1nc(Cl)nc(OC)n1)C1CCCC1CN. The minimum absolute atomic E-state index is 0.155. The van der Waals surface area contributed by atoms with Gasteiger partial charge in [-0.3, -0.25) is 0 Å². The third-order valence-electron chi connectivity index (χ3n) is 3.68. The molecule has 1 aromatic rings. The van der Waals surface area contributed by atoms with E-state index in [1.807, 2.05) is 0 Å². The largest absolute Gasteiger partial charge is 0.467 e. The summed E-state index contributed by atoms with van der Waals surface area (Å²) in [5.74, 6) is 1.06. The van der Waals surface area contributed by atoms with E-state index in [4.69, 9.17) is 22.1 Å². The average Bonchev–Trinajstić information content (AvgIpc) is 2.87. The summed E-state index contributed by atoms with van der Waals surface area (Å²) in [6.45, 7) is 3.58. The van der Waals surface area contributed by atoms with Crippen LogP contribution in [0.2, 0.25) is 5.28 Å². The molecule has 106 valence electrons. The van der Waals surface area contributed by atoms with E-state index in [0.29, 0.717) is 24.5 Å². The number of rotatable bonds is 5. The Kier molecular flexibility index (Phi) is 4.76. The van der Waals surface area contributed by atoms with Gasteiger partial charge in [0.2, 0.25) is 11.2 Å². The number of methoxy groups -OCH3 is 1. The number of hydrogen-bond acceptors (Lipinski definition) is 6. The van der Waals surface area contributed by atoms with Crippen molar-refractivity contribution in [2.75, 3.05) is 25.1 Å². The van der Waals surface area contributed by atoms with Crippen LogP contribution in [0.4, 0.5) is 5.95 Å². The highest BCUT2D eigenvalue weighted by atomic mass is 35.5. The fourth-order valence-corrected chi connectivity index (χ4v) is 2.92. The van der Waals surface area contributed by atoms with Gasteiger partial charge in [-0.2, -0.15) is 15.0 Å². The van der Waals surface area contributed by atoms with Crippen molar-refractivity contribution in [2.45, 2.75) is 32.2 Å². The van der Waals surface area contributed by atoms with Gasteiger partial charge in [0.25, 0.3) is 0 Å². The van der Waals surface area contributed by atoms with E-state index in [9.17, 15) is 0 Å². The number of nitrogens with zero attached hydrogens (tertiary/aromatic N) is 4. The van der Waals surface area contributed by atoms with Gasteiger partial charge in [-0.05, 0) is 43.8 Å². The molecular weight excluding hydrogens is 266 g/mol. The zero-order valence-electron chi connectivity index (χ0n) is 11.3. The lowest BCUT2D eigenvalue weighted by molar-refractivity contribution is 0.375. The lowest BCUT2D eigenvalue weighted by atomic mass is 10.0. The summed E-state index contributed by atoms with van der Waals surface area (Å²) >= 11 is 5.91. The summed E-state index contributed by atoms with van der Waals surface area (Å²) in [5, 5.41) is 0.155. The Bertz CT molecular complexity index is 431. The van der Waals surface area contributed by atoms with Crippen LogP contribution in [0.25, 0.3) is 0 Å². The molecule has 1 aromatic heterocycles. The fourth-order valence-electron chi connectivity index (χ4n) is 2.77. The van der Waals surface area contributed by atoms with Crippen molar-refractivity contribution in [3.05, 3.63) is 5.28 Å². The lowest BCUT2D eigenvalue weighted by Gasteiger charge is -2.31. The van der Waals surface area contributed by atoms with Gasteiger partial charge in [-0.1, -0.05) is 6.42 Å². The Morgan fingerprint density at radius 2 is 2.16 bits per heavy atom. The van der Waals surface area contributed by atoms with E-state index < -0.39 is 0 Å². The van der Waals surface area contributed by atoms with Crippen molar-refractivity contribution in [1.29, 1.82) is 0 Å². The quantitative estimate of drug-likeness (QED) is 0.883. The van der Waals surface area contributed by atoms with Crippen molar-refractivity contribution >= 4 is 17.5 Å². The maximum absolute atomic E-state index is 5.91. The van der Waals surface area contributed by atoms with Gasteiger partial charge in [0.15, 0.2) is 0 Å². The molecule has 2 N–H and O–H groups in total. The molecule has 0 spiro atoms. The van der Waals surface area contributed by atoms with Crippen LogP contribution in [-0.4, -0.2) is 41.2 Å². The molecule has 6 nitrogen and oxygen atoms in total. The summed E-state index contributed by atoms with van der Waals surface area (Å²) in [6.07, 6.45) is 3.47. The van der Waals surface area contributed by atoms with Gasteiger partial charge in [-0.15, -0.1) is 0 Å². The van der Waals surface area contributed by atoms with Crippen LogP contribution in [0.15, 0.2) is 0 Å². The third-order valence-corrected chi connectivity index (χ3v) is 3.85. The first-order chi connectivity index (χ1) is 9.19. The molecule has 1 fully saturated rings. The molecule has 19 heavy (non-hydrogen) atoms. The van der Waals surface area contributed by atoms with E-state index in [-0.39, 0.29) is 11.3 Å². The molecule has 0 bridgehead atoms. The number of ether oxygens (including phenoxy) is 1. The highest BCUT2D eigenvalue weighted by Gasteiger charge is 2.32. The van der Waals surface area contributed by atoms with Crippen LogP contribution in [0.5, 0.6) is 6.01 Å². The standard InChI is InChI=1S/C12H20ClN5O/c1-3-18(9-6-4-5-8(9)7-14)11-15-10(13)16-12(17-11)19-2/h8-9H,3-7,14H2,1-2H3. The van der Waals surface area contributed by atoms with Crippen molar-refractivity contribution in [3.8, 4) is 6.01 Å². The first-order valence-electron chi connectivity index (χ1n) is 6.61. The molecule has 0 aliphatic heterocycles. The van der Waals surface area contributed by atoms with Crippen LogP contribution in [-0.2, 0) is 0 Å². The molecule has 2 unspecified atom stereocenters. The summed E-state index contributed by atoms with van der Waals surface area (Å²) in [4.78, 5) is 14.6. The normalized spacial score (nSPS) is 22.5. The Morgan fingerprint density at radius 3 is 2.79 bits per heavy atom. The van der Waals surface area contributed by atoms with E-state index in [1.54, 1.807) is 0 Å². The zero-order chi connectivity index (χ0) is 13.8. The van der Waals surface area contributed by atoms with E-state index >= 15 is 0 Å². The zero-order valence-corrected chi connectivity index (χ0v) is 12.1. The Hall–Kier alpha value is -1.14. The number of halogens is 1. The molecule has 1 saturated carbocycles. The second kappa shape index (κ2) is 6.34. The van der Waals surface area contributed by atoms with Crippen LogP contribution < -0.4 is 15.4 Å². The van der Waals surface area contributed by atoms with Crippen molar-refractivity contribution < 1.29 is 4.74 Å². The predicted molar refractivity (Wildman–Crippen MR) is 74.6 cm³/mol. The monoisotopic (exact) mass is 285 g/mol. The molecule has 1 aliphatic rings.